The highest BCUT2D eigenvalue weighted by Crippen LogP contribution is 2.33. The number of nitrogens with zero attached hydrogens (tertiary/aromatic N) is 2. The number of hydrogen-bond donors (Lipinski definition) is 2. The number of allylic oxidation sites excluding steroid dienone is 2. The molecule has 0 saturated heterocycles. The van der Waals surface area contributed by atoms with E-state index in [0.29, 0.717) is 16.9 Å². The summed E-state index contributed by atoms with van der Waals surface area (Å²) in [6.45, 7) is 10.9. The maximum atomic E-state index is 5.63. The average molecular weight is 256 g/mol. The smallest absolute Gasteiger partial charge is 0.182 e. The molecule has 3 N–H and O–H groups in total. The summed E-state index contributed by atoms with van der Waals surface area (Å²) in [7, 11) is 2.11. The van der Waals surface area contributed by atoms with Gasteiger partial charge in [0, 0.05) is 12.7 Å². The van der Waals surface area contributed by atoms with Gasteiger partial charge in [0.05, 0.1) is 5.70 Å². The fourth-order valence-electron chi connectivity index (χ4n) is 2.56. The lowest BCUT2D eigenvalue weighted by atomic mass is 10.1. The number of hydrogen-bond acceptors (Lipinski definition) is 3. The Morgan fingerprint density at radius 2 is 1.88 bits per heavy atom. The molecule has 1 atom stereocenters. The minimum atomic E-state index is 0.258. The molecule has 0 saturated carbocycles. The van der Waals surface area contributed by atoms with Crippen molar-refractivity contribution < 1.29 is 0 Å². The van der Waals surface area contributed by atoms with E-state index in [1.807, 2.05) is 0 Å². The Morgan fingerprint density at radius 3 is 2.24 bits per heavy atom. The number of nitrogens with one attached hydrogen (secondary N) is 1. The van der Waals surface area contributed by atoms with E-state index < -0.39 is 0 Å². The predicted molar refractivity (Wildman–Crippen MR) is 75.7 cm³/mol. The van der Waals surface area contributed by atoms with Gasteiger partial charge in [0.25, 0.3) is 0 Å². The largest absolute Gasteiger partial charge is 0.375 e. The molecule has 1 unspecified atom stereocenters. The average Bonchev–Trinajstić information content (AvgIpc) is 2.37. The van der Waals surface area contributed by atoms with Crippen LogP contribution in [0.1, 0.15) is 34.6 Å². The first kappa shape index (κ1) is 14.1. The molecule has 1 aliphatic rings. The summed E-state index contributed by atoms with van der Waals surface area (Å²) in [5, 5.41) is 2.43. The van der Waals surface area contributed by atoms with Gasteiger partial charge in [-0.1, -0.05) is 27.7 Å². The molecule has 0 fully saturated rings. The molecule has 5 heteroatoms. The van der Waals surface area contributed by atoms with Gasteiger partial charge in [-0.25, -0.2) is 0 Å². The van der Waals surface area contributed by atoms with Gasteiger partial charge in [-0.2, -0.15) is 0 Å². The van der Waals surface area contributed by atoms with Gasteiger partial charge in [-0.15, -0.1) is 0 Å². The second-order valence-electron chi connectivity index (χ2n) is 5.24. The molecule has 98 valence electrons. The molecule has 17 heavy (non-hydrogen) atoms. The van der Waals surface area contributed by atoms with Crippen molar-refractivity contribution in [3.8, 4) is 0 Å². The van der Waals surface area contributed by atoms with Crippen LogP contribution in [-0.4, -0.2) is 28.2 Å². The van der Waals surface area contributed by atoms with Gasteiger partial charge in [0.1, 0.15) is 6.17 Å². The molecule has 0 aromatic rings. The summed E-state index contributed by atoms with van der Waals surface area (Å²) in [5.41, 5.74) is 11.3. The quantitative estimate of drug-likeness (QED) is 0.755. The van der Waals surface area contributed by atoms with Crippen LogP contribution in [-0.2, 0) is 0 Å². The maximum Gasteiger partial charge on any atom is 0.182 e. The monoisotopic (exact) mass is 256 g/mol. The number of rotatable bonds is 3. The molecule has 0 amide bonds. The first-order valence-electron chi connectivity index (χ1n) is 6.06. The Labute approximate surface area is 110 Å². The summed E-state index contributed by atoms with van der Waals surface area (Å²) in [5.74, 6) is 0.913. The minimum Gasteiger partial charge on any atom is -0.375 e. The Kier molecular flexibility index (Phi) is 4.25. The highest BCUT2D eigenvalue weighted by Gasteiger charge is 2.37. The van der Waals surface area contributed by atoms with E-state index in [2.05, 4.69) is 57.0 Å². The zero-order valence-corrected chi connectivity index (χ0v) is 12.4. The molecule has 1 heterocycles. The zero-order valence-electron chi connectivity index (χ0n) is 11.6. The summed E-state index contributed by atoms with van der Waals surface area (Å²) >= 11 is 4.97. The van der Waals surface area contributed by atoms with Crippen molar-refractivity contribution in [2.75, 3.05) is 7.05 Å². The first-order valence-corrected chi connectivity index (χ1v) is 6.47. The zero-order chi connectivity index (χ0) is 13.3. The highest BCUT2D eigenvalue weighted by atomic mass is 32.1. The van der Waals surface area contributed by atoms with Gasteiger partial charge in [0.2, 0.25) is 0 Å². The maximum absolute atomic E-state index is 5.63. The van der Waals surface area contributed by atoms with Crippen molar-refractivity contribution in [1.29, 1.82) is 0 Å². The van der Waals surface area contributed by atoms with Gasteiger partial charge in [-0.3, -0.25) is 10.4 Å². The van der Waals surface area contributed by atoms with Crippen LogP contribution < -0.4 is 11.2 Å². The summed E-state index contributed by atoms with van der Waals surface area (Å²) < 4.78 is 0. The molecular formula is C12H24N4S. The van der Waals surface area contributed by atoms with Crippen LogP contribution in [0.4, 0.5) is 0 Å². The van der Waals surface area contributed by atoms with Gasteiger partial charge >= 0.3 is 0 Å². The Hall–Kier alpha value is -0.970. The standard InChI is InChI=1S/C12H24N4S/c1-7(2)10-9(5)15(6)11(8(3)4)16(10)14-12(13)17/h7-8,11H,1-6H3,(H3,13,14,17). The Morgan fingerprint density at radius 1 is 1.35 bits per heavy atom. The highest BCUT2D eigenvalue weighted by molar-refractivity contribution is 7.80. The van der Waals surface area contributed by atoms with E-state index in [-0.39, 0.29) is 6.17 Å². The lowest BCUT2D eigenvalue weighted by Gasteiger charge is -2.36. The van der Waals surface area contributed by atoms with Crippen molar-refractivity contribution in [1.82, 2.24) is 15.3 Å². The van der Waals surface area contributed by atoms with E-state index in [4.69, 9.17) is 18.0 Å². The fraction of sp³-hybridized carbons (Fsp3) is 0.750. The third-order valence-corrected chi connectivity index (χ3v) is 3.29. The van der Waals surface area contributed by atoms with E-state index in [1.54, 1.807) is 0 Å². The van der Waals surface area contributed by atoms with E-state index in [0.717, 1.165) is 0 Å². The van der Waals surface area contributed by atoms with Crippen molar-refractivity contribution in [3.05, 3.63) is 11.4 Å². The first-order chi connectivity index (χ1) is 7.77. The van der Waals surface area contributed by atoms with Crippen LogP contribution in [0.5, 0.6) is 0 Å². The lowest BCUT2D eigenvalue weighted by Crippen LogP contribution is -2.53. The molecule has 0 aromatic heterocycles. The van der Waals surface area contributed by atoms with Crippen LogP contribution >= 0.6 is 12.2 Å². The van der Waals surface area contributed by atoms with Crippen LogP contribution in [0.15, 0.2) is 11.4 Å². The fourth-order valence-corrected chi connectivity index (χ4v) is 2.65. The van der Waals surface area contributed by atoms with E-state index in [9.17, 15) is 0 Å². The Balaban J connectivity index is 3.10. The number of hydrazine groups is 1. The van der Waals surface area contributed by atoms with Crippen molar-refractivity contribution in [3.63, 3.8) is 0 Å². The van der Waals surface area contributed by atoms with Crippen molar-refractivity contribution in [2.45, 2.75) is 40.8 Å². The third-order valence-electron chi connectivity index (χ3n) is 3.19. The lowest BCUT2D eigenvalue weighted by molar-refractivity contribution is 0.0873. The molecule has 1 aliphatic heterocycles. The van der Waals surface area contributed by atoms with Gasteiger partial charge in [0.15, 0.2) is 5.11 Å². The molecule has 0 radical (unpaired) electrons. The van der Waals surface area contributed by atoms with Gasteiger partial charge < -0.3 is 10.6 Å². The second-order valence-corrected chi connectivity index (χ2v) is 5.68. The van der Waals surface area contributed by atoms with E-state index in [1.165, 1.54) is 11.4 Å². The van der Waals surface area contributed by atoms with Crippen molar-refractivity contribution in [2.24, 2.45) is 17.6 Å². The summed E-state index contributed by atoms with van der Waals surface area (Å²) in [4.78, 5) is 2.28. The van der Waals surface area contributed by atoms with Crippen LogP contribution in [0.25, 0.3) is 0 Å². The second kappa shape index (κ2) is 5.12. The summed E-state index contributed by atoms with van der Waals surface area (Å²) in [6, 6.07) is 0. The topological polar surface area (TPSA) is 44.5 Å². The molecule has 4 nitrogen and oxygen atoms in total. The summed E-state index contributed by atoms with van der Waals surface area (Å²) in [6.07, 6.45) is 0.258. The molecule has 0 spiro atoms. The number of nitrogens with two attached hydrogens (primary N) is 1. The van der Waals surface area contributed by atoms with Crippen molar-refractivity contribution >= 4 is 17.3 Å². The van der Waals surface area contributed by atoms with Crippen LogP contribution in [0.3, 0.4) is 0 Å². The van der Waals surface area contributed by atoms with E-state index >= 15 is 0 Å². The Bertz CT molecular complexity index is 335. The SMILES string of the molecule is CC1=C(C(C)C)N(NC(N)=S)C(C(C)C)N1C. The molecular weight excluding hydrogens is 232 g/mol. The molecule has 0 aliphatic carbocycles. The number of thiocarbonyl (C=S) groups is 1. The normalized spacial score (nSPS) is 20.8. The van der Waals surface area contributed by atoms with Crippen LogP contribution in [0, 0.1) is 11.8 Å². The third kappa shape index (κ3) is 2.65. The van der Waals surface area contributed by atoms with Gasteiger partial charge in [-0.05, 0) is 31.0 Å². The molecule has 0 bridgehead atoms. The molecule has 0 aromatic carbocycles. The minimum absolute atomic E-state index is 0.258. The van der Waals surface area contributed by atoms with Crippen LogP contribution in [0.2, 0.25) is 0 Å². The molecule has 1 rings (SSSR count). The predicted octanol–water partition coefficient (Wildman–Crippen LogP) is 1.85.